The highest BCUT2D eigenvalue weighted by molar-refractivity contribution is 5.85. The van der Waals surface area contributed by atoms with Gasteiger partial charge in [-0.15, -0.1) is 12.4 Å². The maximum absolute atomic E-state index is 10.9. The van der Waals surface area contributed by atoms with E-state index in [1.54, 1.807) is 0 Å². The van der Waals surface area contributed by atoms with Crippen LogP contribution in [0.15, 0.2) is 0 Å². The largest absolute Gasteiger partial charge is 0.349 e. The number of nitrogens with two attached hydrogens (primary N) is 1. The van der Waals surface area contributed by atoms with E-state index < -0.39 is 0 Å². The Bertz CT molecular complexity index is 179. The van der Waals surface area contributed by atoms with Gasteiger partial charge in [-0.25, -0.2) is 0 Å². The third kappa shape index (κ3) is 1.23. The summed E-state index contributed by atoms with van der Waals surface area (Å²) in [5.41, 5.74) is 5.69. The molecule has 64 valence electrons. The smallest absolute Gasteiger partial charge is 0.237 e. The third-order valence-electron chi connectivity index (χ3n) is 2.65. The molecule has 2 fully saturated rings. The quantitative estimate of drug-likeness (QED) is 0.553. The number of hydrogen-bond donors (Lipinski definition) is 2. The molecule has 4 heteroatoms. The maximum Gasteiger partial charge on any atom is 0.237 e. The lowest BCUT2D eigenvalue weighted by molar-refractivity contribution is -0.121. The van der Waals surface area contributed by atoms with Gasteiger partial charge in [0.25, 0.3) is 0 Å². The zero-order valence-electron chi connectivity index (χ0n) is 6.30. The van der Waals surface area contributed by atoms with Crippen molar-refractivity contribution >= 4 is 18.3 Å². The van der Waals surface area contributed by atoms with Gasteiger partial charge in [0, 0.05) is 5.54 Å². The van der Waals surface area contributed by atoms with Crippen LogP contribution in [0, 0.1) is 0 Å². The van der Waals surface area contributed by atoms with E-state index in [4.69, 9.17) is 5.73 Å². The van der Waals surface area contributed by atoms with Gasteiger partial charge in [-0.2, -0.15) is 0 Å². The molecule has 11 heavy (non-hydrogen) atoms. The average Bonchev–Trinajstić information content (AvgIpc) is 2.08. The lowest BCUT2D eigenvalue weighted by Gasteiger charge is -2.37. The Morgan fingerprint density at radius 1 is 1.55 bits per heavy atom. The lowest BCUT2D eigenvalue weighted by Crippen LogP contribution is -2.47. The van der Waals surface area contributed by atoms with E-state index >= 15 is 0 Å². The van der Waals surface area contributed by atoms with Crippen molar-refractivity contribution in [1.82, 2.24) is 5.32 Å². The highest BCUT2D eigenvalue weighted by Crippen LogP contribution is 2.38. The van der Waals surface area contributed by atoms with Crippen molar-refractivity contribution in [3.05, 3.63) is 0 Å². The first-order valence-electron chi connectivity index (χ1n) is 3.80. The van der Waals surface area contributed by atoms with Crippen LogP contribution < -0.4 is 11.1 Å². The fourth-order valence-electron chi connectivity index (χ4n) is 1.85. The summed E-state index contributed by atoms with van der Waals surface area (Å²) in [7, 11) is 0. The Morgan fingerprint density at radius 3 is 2.36 bits per heavy atom. The van der Waals surface area contributed by atoms with Crippen LogP contribution in [0.2, 0.25) is 0 Å². The van der Waals surface area contributed by atoms with Gasteiger partial charge < -0.3 is 11.1 Å². The summed E-state index contributed by atoms with van der Waals surface area (Å²) in [6, 6.07) is -0.236. The molecule has 0 aromatic carbocycles. The summed E-state index contributed by atoms with van der Waals surface area (Å²) >= 11 is 0. The van der Waals surface area contributed by atoms with Crippen molar-refractivity contribution in [1.29, 1.82) is 0 Å². The second-order valence-corrected chi connectivity index (χ2v) is 3.43. The van der Waals surface area contributed by atoms with Crippen LogP contribution in [-0.4, -0.2) is 17.5 Å². The predicted octanol–water partition coefficient (Wildman–Crippen LogP) is 0.178. The third-order valence-corrected chi connectivity index (χ3v) is 2.65. The molecule has 1 spiro atoms. The monoisotopic (exact) mass is 176 g/mol. The molecule has 1 saturated heterocycles. The summed E-state index contributed by atoms with van der Waals surface area (Å²) in [5.74, 6) is 0.0414. The molecule has 0 aromatic heterocycles. The van der Waals surface area contributed by atoms with E-state index in [0.717, 1.165) is 19.3 Å². The second kappa shape index (κ2) is 2.64. The van der Waals surface area contributed by atoms with Gasteiger partial charge in [0.1, 0.15) is 0 Å². The molecule has 0 aromatic rings. The van der Waals surface area contributed by atoms with E-state index in [1.165, 1.54) is 6.42 Å². The van der Waals surface area contributed by atoms with Crippen LogP contribution >= 0.6 is 12.4 Å². The number of halogens is 1. The summed E-state index contributed by atoms with van der Waals surface area (Å²) in [5, 5.41) is 2.95. The highest BCUT2D eigenvalue weighted by atomic mass is 35.5. The van der Waals surface area contributed by atoms with Crippen molar-refractivity contribution in [3.63, 3.8) is 0 Å². The topological polar surface area (TPSA) is 55.1 Å². The predicted molar refractivity (Wildman–Crippen MR) is 44.6 cm³/mol. The second-order valence-electron chi connectivity index (χ2n) is 3.43. The SMILES string of the molecule is Cl.NC1CC2(CCC2)NC1=O. The van der Waals surface area contributed by atoms with E-state index in [-0.39, 0.29) is 29.9 Å². The number of rotatable bonds is 0. The van der Waals surface area contributed by atoms with Crippen LogP contribution in [-0.2, 0) is 4.79 Å². The first kappa shape index (κ1) is 8.81. The Balaban J connectivity index is 0.000000605. The van der Waals surface area contributed by atoms with E-state index in [1.807, 2.05) is 0 Å². The summed E-state index contributed by atoms with van der Waals surface area (Å²) in [4.78, 5) is 10.9. The van der Waals surface area contributed by atoms with Crippen molar-refractivity contribution in [2.45, 2.75) is 37.3 Å². The first-order chi connectivity index (χ1) is 4.72. The zero-order chi connectivity index (χ0) is 7.19. The van der Waals surface area contributed by atoms with Crippen LogP contribution in [0.4, 0.5) is 0 Å². The molecular formula is C7H13ClN2O. The molecule has 1 atom stereocenters. The zero-order valence-corrected chi connectivity index (χ0v) is 7.12. The number of carbonyl (C=O) groups excluding carboxylic acids is 1. The standard InChI is InChI=1S/C7H12N2O.ClH/c8-5-4-7(2-1-3-7)9-6(5)10;/h5H,1-4,8H2,(H,9,10);1H. The van der Waals surface area contributed by atoms with Gasteiger partial charge in [0.05, 0.1) is 6.04 Å². The molecule has 3 N–H and O–H groups in total. The van der Waals surface area contributed by atoms with Crippen LogP contribution in [0.3, 0.4) is 0 Å². The van der Waals surface area contributed by atoms with Crippen molar-refractivity contribution in [2.75, 3.05) is 0 Å². The van der Waals surface area contributed by atoms with Gasteiger partial charge in [-0.1, -0.05) is 0 Å². The van der Waals surface area contributed by atoms with E-state index in [9.17, 15) is 4.79 Å². The minimum absolute atomic E-state index is 0. The number of carbonyl (C=O) groups is 1. The molecule has 1 unspecified atom stereocenters. The van der Waals surface area contributed by atoms with Crippen molar-refractivity contribution < 1.29 is 4.79 Å². The molecule has 1 amide bonds. The van der Waals surface area contributed by atoms with E-state index in [0.29, 0.717) is 0 Å². The van der Waals surface area contributed by atoms with Crippen LogP contribution in [0.25, 0.3) is 0 Å². The Labute approximate surface area is 72.1 Å². The molecule has 0 radical (unpaired) electrons. The molecule has 1 aliphatic carbocycles. The van der Waals surface area contributed by atoms with Gasteiger partial charge in [0.15, 0.2) is 0 Å². The normalized spacial score (nSPS) is 32.5. The molecule has 2 aliphatic rings. The number of hydrogen-bond acceptors (Lipinski definition) is 2. The van der Waals surface area contributed by atoms with Gasteiger partial charge in [-0.3, -0.25) is 4.79 Å². The summed E-state index contributed by atoms with van der Waals surface area (Å²) in [6.45, 7) is 0. The molecule has 1 heterocycles. The minimum Gasteiger partial charge on any atom is -0.349 e. The summed E-state index contributed by atoms with van der Waals surface area (Å²) < 4.78 is 0. The molecule has 1 aliphatic heterocycles. The first-order valence-corrected chi connectivity index (χ1v) is 3.80. The molecule has 2 rings (SSSR count). The Hall–Kier alpha value is -0.280. The molecule has 3 nitrogen and oxygen atoms in total. The number of nitrogens with one attached hydrogen (secondary N) is 1. The molecular weight excluding hydrogens is 164 g/mol. The van der Waals surface area contributed by atoms with Crippen molar-refractivity contribution in [3.8, 4) is 0 Å². The van der Waals surface area contributed by atoms with Gasteiger partial charge in [-0.05, 0) is 25.7 Å². The fourth-order valence-corrected chi connectivity index (χ4v) is 1.85. The number of amides is 1. The van der Waals surface area contributed by atoms with E-state index in [2.05, 4.69) is 5.32 Å². The fraction of sp³-hybridized carbons (Fsp3) is 0.857. The average molecular weight is 177 g/mol. The van der Waals surface area contributed by atoms with Gasteiger partial charge >= 0.3 is 0 Å². The van der Waals surface area contributed by atoms with Crippen LogP contribution in [0.1, 0.15) is 25.7 Å². The highest BCUT2D eigenvalue weighted by Gasteiger charge is 2.46. The van der Waals surface area contributed by atoms with Gasteiger partial charge in [0.2, 0.25) is 5.91 Å². The molecule has 1 saturated carbocycles. The van der Waals surface area contributed by atoms with Crippen LogP contribution in [0.5, 0.6) is 0 Å². The Kier molecular flexibility index (Phi) is 2.12. The maximum atomic E-state index is 10.9. The minimum atomic E-state index is -0.236. The summed E-state index contributed by atoms with van der Waals surface area (Å²) in [6.07, 6.45) is 4.36. The molecule has 0 bridgehead atoms. The van der Waals surface area contributed by atoms with Crippen molar-refractivity contribution in [2.24, 2.45) is 5.73 Å². The lowest BCUT2D eigenvalue weighted by atomic mass is 9.75. The Morgan fingerprint density at radius 2 is 2.18 bits per heavy atom.